The molecule has 1 aliphatic carbocycles. The van der Waals surface area contributed by atoms with Crippen LogP contribution in [0.1, 0.15) is 41.6 Å². The molecule has 1 aliphatic rings. The Labute approximate surface area is 206 Å². The van der Waals surface area contributed by atoms with Crippen molar-refractivity contribution < 1.29 is 18.7 Å². The van der Waals surface area contributed by atoms with Gasteiger partial charge in [-0.3, -0.25) is 14.3 Å². The number of halogens is 1. The van der Waals surface area contributed by atoms with Crippen LogP contribution in [0.2, 0.25) is 0 Å². The van der Waals surface area contributed by atoms with Crippen LogP contribution in [0.4, 0.5) is 10.1 Å². The zero-order valence-corrected chi connectivity index (χ0v) is 20.2. The van der Waals surface area contributed by atoms with E-state index in [1.165, 1.54) is 27.2 Å². The first-order valence-corrected chi connectivity index (χ1v) is 11.6. The molecule has 1 aromatic carbocycles. The number of amides is 2. The second kappa shape index (κ2) is 9.40. The molecule has 3 heterocycles. The molecule has 4 aromatic rings. The summed E-state index contributed by atoms with van der Waals surface area (Å²) in [5.41, 5.74) is 3.03. The van der Waals surface area contributed by atoms with Crippen molar-refractivity contribution in [1.29, 1.82) is 0 Å². The van der Waals surface area contributed by atoms with Crippen molar-refractivity contribution >= 4 is 23.1 Å². The Hall–Kier alpha value is -4.28. The number of carbonyl (C=O) groups is 2. The summed E-state index contributed by atoms with van der Waals surface area (Å²) >= 11 is 0. The van der Waals surface area contributed by atoms with Gasteiger partial charge in [-0.2, -0.15) is 10.2 Å². The normalized spacial score (nSPS) is 14.0. The van der Waals surface area contributed by atoms with E-state index < -0.39 is 12.3 Å². The number of fused-ring (bicyclic) bond motifs is 1. The largest absolute Gasteiger partial charge is 0.460 e. The molecule has 0 spiro atoms. The van der Waals surface area contributed by atoms with Gasteiger partial charge in [-0.1, -0.05) is 6.07 Å². The lowest BCUT2D eigenvalue weighted by Crippen LogP contribution is -2.26. The van der Waals surface area contributed by atoms with Crippen molar-refractivity contribution in [1.82, 2.24) is 29.3 Å². The highest BCUT2D eigenvalue weighted by atomic mass is 19.1. The van der Waals surface area contributed by atoms with Crippen LogP contribution < -0.4 is 10.1 Å². The van der Waals surface area contributed by atoms with Crippen LogP contribution in [-0.2, 0) is 11.3 Å². The number of carbonyl (C=O) groups excluding carboxylic acids is 2. The number of nitrogens with one attached hydrogen (secondary N) is 1. The molecule has 1 N–H and O–H groups in total. The van der Waals surface area contributed by atoms with Crippen molar-refractivity contribution in [3.05, 3.63) is 60.2 Å². The van der Waals surface area contributed by atoms with Crippen molar-refractivity contribution in [2.45, 2.75) is 38.6 Å². The summed E-state index contributed by atoms with van der Waals surface area (Å²) in [6.07, 6.45) is 6.91. The number of hydrogen-bond donors (Lipinski definition) is 1. The van der Waals surface area contributed by atoms with Crippen molar-refractivity contribution in [2.24, 2.45) is 0 Å². The molecule has 0 bridgehead atoms. The molecule has 36 heavy (non-hydrogen) atoms. The summed E-state index contributed by atoms with van der Waals surface area (Å²) in [6.45, 7) is 1.26. The van der Waals surface area contributed by atoms with E-state index in [1.807, 2.05) is 12.1 Å². The van der Waals surface area contributed by atoms with Gasteiger partial charge in [0.05, 0.1) is 11.9 Å². The number of anilines is 1. The average molecular weight is 492 g/mol. The van der Waals surface area contributed by atoms with Crippen molar-refractivity contribution in [3.63, 3.8) is 0 Å². The van der Waals surface area contributed by atoms with Crippen LogP contribution in [0.25, 0.3) is 16.9 Å². The Morgan fingerprint density at radius 2 is 2.11 bits per heavy atom. The molecule has 0 aliphatic heterocycles. The molecule has 1 atom stereocenters. The van der Waals surface area contributed by atoms with Gasteiger partial charge in [0.25, 0.3) is 5.91 Å². The minimum Gasteiger partial charge on any atom is -0.460 e. The maximum Gasteiger partial charge on any atom is 0.261 e. The third-order valence-corrected chi connectivity index (χ3v) is 5.93. The highest BCUT2D eigenvalue weighted by Crippen LogP contribution is 2.44. The van der Waals surface area contributed by atoms with Gasteiger partial charge in [0.1, 0.15) is 23.6 Å². The third kappa shape index (κ3) is 4.77. The van der Waals surface area contributed by atoms with Crippen molar-refractivity contribution in [3.8, 4) is 17.0 Å². The van der Waals surface area contributed by atoms with Gasteiger partial charge in [0.2, 0.25) is 12.3 Å². The Bertz CT molecular complexity index is 1440. The second-order valence-electron chi connectivity index (χ2n) is 8.97. The predicted molar refractivity (Wildman–Crippen MR) is 130 cm³/mol. The molecular weight excluding hydrogens is 465 g/mol. The van der Waals surface area contributed by atoms with E-state index in [2.05, 4.69) is 20.5 Å². The van der Waals surface area contributed by atoms with Gasteiger partial charge >= 0.3 is 0 Å². The third-order valence-electron chi connectivity index (χ3n) is 5.93. The quantitative estimate of drug-likeness (QED) is 0.404. The summed E-state index contributed by atoms with van der Waals surface area (Å²) in [5, 5.41) is 11.7. The van der Waals surface area contributed by atoms with E-state index in [9.17, 15) is 14.0 Å². The zero-order valence-electron chi connectivity index (χ0n) is 20.2. The molecule has 0 saturated heterocycles. The molecule has 1 fully saturated rings. The van der Waals surface area contributed by atoms with E-state index in [0.717, 1.165) is 18.4 Å². The smallest absolute Gasteiger partial charge is 0.261 e. The number of ether oxygens (including phenoxy) is 1. The summed E-state index contributed by atoms with van der Waals surface area (Å²) < 4.78 is 22.3. The van der Waals surface area contributed by atoms with Crippen LogP contribution in [0, 0.1) is 0 Å². The number of aromatic nitrogens is 5. The monoisotopic (exact) mass is 491 g/mol. The SMILES string of the molecule is CC(F)Oc1ccc(C2CC2)cc1-c1nn(CC(=O)N(C)C)cc1NC(=O)c1cnn2cccnc12. The van der Waals surface area contributed by atoms with Crippen LogP contribution in [0.15, 0.2) is 49.1 Å². The highest BCUT2D eigenvalue weighted by Gasteiger charge is 2.27. The Morgan fingerprint density at radius 1 is 1.31 bits per heavy atom. The van der Waals surface area contributed by atoms with Crippen LogP contribution in [0.3, 0.4) is 0 Å². The number of rotatable bonds is 8. The molecule has 11 heteroatoms. The predicted octanol–water partition coefficient (Wildman–Crippen LogP) is 3.51. The van der Waals surface area contributed by atoms with Gasteiger partial charge in [0.15, 0.2) is 5.65 Å². The number of nitrogens with zero attached hydrogens (tertiary/aromatic N) is 6. The first kappa shape index (κ1) is 23.5. The summed E-state index contributed by atoms with van der Waals surface area (Å²) in [6, 6.07) is 7.28. The number of likely N-dealkylation sites (N-methyl/N-ethyl adjacent to an activating group) is 1. The summed E-state index contributed by atoms with van der Waals surface area (Å²) in [5.74, 6) is 0.116. The molecule has 1 unspecified atom stereocenters. The zero-order chi connectivity index (χ0) is 25.4. The van der Waals surface area contributed by atoms with E-state index in [4.69, 9.17) is 4.74 Å². The number of hydrogen-bond acceptors (Lipinski definition) is 6. The van der Waals surface area contributed by atoms with Gasteiger partial charge in [-0.05, 0) is 42.5 Å². The van der Waals surface area contributed by atoms with Gasteiger partial charge in [0, 0.05) is 45.2 Å². The number of benzene rings is 1. The molecule has 2 amide bonds. The lowest BCUT2D eigenvalue weighted by Gasteiger charge is -2.14. The fraction of sp³-hybridized carbons (Fsp3) is 0.320. The highest BCUT2D eigenvalue weighted by molar-refractivity contribution is 6.09. The van der Waals surface area contributed by atoms with Crippen molar-refractivity contribution in [2.75, 3.05) is 19.4 Å². The molecular formula is C25H26FN7O3. The van der Waals surface area contributed by atoms with E-state index in [0.29, 0.717) is 34.3 Å². The minimum absolute atomic E-state index is 0.0356. The summed E-state index contributed by atoms with van der Waals surface area (Å²) in [4.78, 5) is 31.3. The average Bonchev–Trinajstić information content (AvgIpc) is 3.48. The second-order valence-corrected chi connectivity index (χ2v) is 8.97. The molecule has 186 valence electrons. The van der Waals surface area contributed by atoms with Gasteiger partial charge in [-0.15, -0.1) is 0 Å². The van der Waals surface area contributed by atoms with E-state index in [1.54, 1.807) is 44.8 Å². The Morgan fingerprint density at radius 3 is 2.83 bits per heavy atom. The molecule has 5 rings (SSSR count). The standard InChI is InChI=1S/C25H26FN7O3/c1-15(26)36-21-8-7-17(16-5-6-16)11-18(21)23-20(13-32(30-23)14-22(34)31(2)3)29-25(35)19-12-28-33-10-4-9-27-24(19)33/h4,7-13,15-16H,5-6,14H2,1-3H3,(H,29,35). The fourth-order valence-corrected chi connectivity index (χ4v) is 3.93. The van der Waals surface area contributed by atoms with Crippen LogP contribution >= 0.6 is 0 Å². The lowest BCUT2D eigenvalue weighted by atomic mass is 10.0. The first-order valence-electron chi connectivity index (χ1n) is 11.6. The molecule has 10 nitrogen and oxygen atoms in total. The topological polar surface area (TPSA) is 107 Å². The van der Waals surface area contributed by atoms with Crippen LogP contribution in [-0.4, -0.2) is 61.5 Å². The van der Waals surface area contributed by atoms with E-state index >= 15 is 0 Å². The molecule has 1 saturated carbocycles. The summed E-state index contributed by atoms with van der Waals surface area (Å²) in [7, 11) is 3.31. The number of alkyl halides is 1. The van der Waals surface area contributed by atoms with E-state index in [-0.39, 0.29) is 18.0 Å². The fourth-order valence-electron chi connectivity index (χ4n) is 3.93. The Balaban J connectivity index is 1.57. The Kier molecular flexibility index (Phi) is 6.13. The lowest BCUT2D eigenvalue weighted by molar-refractivity contribution is -0.129. The van der Waals surface area contributed by atoms with Crippen LogP contribution in [0.5, 0.6) is 5.75 Å². The maximum atomic E-state index is 13.9. The maximum absolute atomic E-state index is 13.9. The van der Waals surface area contributed by atoms with Gasteiger partial charge < -0.3 is 15.0 Å². The van der Waals surface area contributed by atoms with Gasteiger partial charge in [-0.25, -0.2) is 13.9 Å². The first-order chi connectivity index (χ1) is 17.3. The minimum atomic E-state index is -1.55. The molecule has 3 aromatic heterocycles. The molecule has 0 radical (unpaired) electrons.